The molecular weight excluding hydrogens is 284 g/mol. The SMILES string of the molecule is Cc1ccsc1C(O)CNC(=O)c1c(F)cccc1F. The summed E-state index contributed by atoms with van der Waals surface area (Å²) in [5.41, 5.74) is 0.274. The normalized spacial score (nSPS) is 12.2. The second-order valence-electron chi connectivity index (χ2n) is 4.29. The summed E-state index contributed by atoms with van der Waals surface area (Å²) in [7, 11) is 0. The quantitative estimate of drug-likeness (QED) is 0.911. The Hall–Kier alpha value is -1.79. The van der Waals surface area contributed by atoms with Crippen LogP contribution in [0.25, 0.3) is 0 Å². The van der Waals surface area contributed by atoms with E-state index in [0.717, 1.165) is 22.6 Å². The summed E-state index contributed by atoms with van der Waals surface area (Å²) in [5.74, 6) is -2.73. The molecule has 2 N–H and O–H groups in total. The van der Waals surface area contributed by atoms with Crippen LogP contribution in [-0.4, -0.2) is 17.6 Å². The van der Waals surface area contributed by atoms with E-state index in [0.29, 0.717) is 0 Å². The maximum atomic E-state index is 13.4. The number of hydrogen-bond acceptors (Lipinski definition) is 3. The number of hydrogen-bond donors (Lipinski definition) is 2. The van der Waals surface area contributed by atoms with E-state index in [-0.39, 0.29) is 6.54 Å². The van der Waals surface area contributed by atoms with Gasteiger partial charge in [0.1, 0.15) is 23.3 Å². The largest absolute Gasteiger partial charge is 0.386 e. The van der Waals surface area contributed by atoms with E-state index in [1.807, 2.05) is 18.4 Å². The number of aliphatic hydroxyl groups is 1. The van der Waals surface area contributed by atoms with Crippen LogP contribution < -0.4 is 5.32 Å². The molecular formula is C14H13F2NO2S. The molecule has 1 amide bonds. The molecule has 1 heterocycles. The summed E-state index contributed by atoms with van der Waals surface area (Å²) in [6, 6.07) is 5.06. The minimum absolute atomic E-state index is 0.103. The standard InChI is InChI=1S/C14H13F2NO2S/c1-8-5-6-20-13(8)11(18)7-17-14(19)12-9(15)3-2-4-10(12)16/h2-6,11,18H,7H2,1H3,(H,17,19). The van der Waals surface area contributed by atoms with Crippen molar-refractivity contribution < 1.29 is 18.7 Å². The van der Waals surface area contributed by atoms with Gasteiger partial charge in [0, 0.05) is 11.4 Å². The summed E-state index contributed by atoms with van der Waals surface area (Å²) in [4.78, 5) is 12.5. The van der Waals surface area contributed by atoms with E-state index in [2.05, 4.69) is 5.32 Å². The number of amides is 1. The number of carbonyl (C=O) groups is 1. The Labute approximate surface area is 118 Å². The van der Waals surface area contributed by atoms with Crippen LogP contribution in [0.5, 0.6) is 0 Å². The molecule has 0 aliphatic heterocycles. The third kappa shape index (κ3) is 3.02. The molecule has 2 rings (SSSR count). The minimum Gasteiger partial charge on any atom is -0.386 e. The van der Waals surface area contributed by atoms with Crippen molar-refractivity contribution in [2.45, 2.75) is 13.0 Å². The first kappa shape index (κ1) is 14.6. The fourth-order valence-corrected chi connectivity index (χ4v) is 2.72. The first-order valence-corrected chi connectivity index (χ1v) is 6.83. The fourth-order valence-electron chi connectivity index (χ4n) is 1.81. The molecule has 20 heavy (non-hydrogen) atoms. The average Bonchev–Trinajstić information content (AvgIpc) is 2.82. The number of rotatable bonds is 4. The van der Waals surface area contributed by atoms with E-state index in [1.54, 1.807) is 0 Å². The zero-order valence-electron chi connectivity index (χ0n) is 10.7. The molecule has 106 valence electrons. The van der Waals surface area contributed by atoms with Crippen LogP contribution in [0.2, 0.25) is 0 Å². The third-order valence-corrected chi connectivity index (χ3v) is 3.97. The Kier molecular flexibility index (Phi) is 4.46. The van der Waals surface area contributed by atoms with Gasteiger partial charge in [-0.1, -0.05) is 6.07 Å². The first-order valence-electron chi connectivity index (χ1n) is 5.95. The second kappa shape index (κ2) is 6.11. The van der Waals surface area contributed by atoms with Crippen LogP contribution in [0.4, 0.5) is 8.78 Å². The lowest BCUT2D eigenvalue weighted by molar-refractivity contribution is 0.0909. The van der Waals surface area contributed by atoms with Crippen molar-refractivity contribution >= 4 is 17.2 Å². The Balaban J connectivity index is 2.04. The molecule has 0 radical (unpaired) electrons. The number of aryl methyl sites for hydroxylation is 1. The number of thiophene rings is 1. The van der Waals surface area contributed by atoms with Crippen LogP contribution in [0.15, 0.2) is 29.6 Å². The van der Waals surface area contributed by atoms with Gasteiger partial charge in [-0.15, -0.1) is 11.3 Å². The van der Waals surface area contributed by atoms with Crippen molar-refractivity contribution in [1.82, 2.24) is 5.32 Å². The molecule has 0 fully saturated rings. The average molecular weight is 297 g/mol. The van der Waals surface area contributed by atoms with E-state index < -0.39 is 29.2 Å². The molecule has 0 spiro atoms. The van der Waals surface area contributed by atoms with Gasteiger partial charge >= 0.3 is 0 Å². The Morgan fingerprint density at radius 3 is 2.55 bits per heavy atom. The highest BCUT2D eigenvalue weighted by Crippen LogP contribution is 2.23. The van der Waals surface area contributed by atoms with Crippen LogP contribution >= 0.6 is 11.3 Å². The van der Waals surface area contributed by atoms with Gasteiger partial charge in [-0.3, -0.25) is 4.79 Å². The predicted octanol–water partition coefficient (Wildman–Crippen LogP) is 2.80. The molecule has 0 saturated heterocycles. The lowest BCUT2D eigenvalue weighted by Gasteiger charge is -2.12. The highest BCUT2D eigenvalue weighted by molar-refractivity contribution is 7.10. The van der Waals surface area contributed by atoms with E-state index in [4.69, 9.17) is 0 Å². The summed E-state index contributed by atoms with van der Waals surface area (Å²) in [6.07, 6.45) is -0.895. The van der Waals surface area contributed by atoms with Crippen LogP contribution in [0, 0.1) is 18.6 Å². The number of halogens is 2. The van der Waals surface area contributed by atoms with Crippen molar-refractivity contribution in [2.24, 2.45) is 0 Å². The number of carbonyl (C=O) groups excluding carboxylic acids is 1. The molecule has 3 nitrogen and oxygen atoms in total. The van der Waals surface area contributed by atoms with E-state index in [1.165, 1.54) is 17.4 Å². The molecule has 2 aromatic rings. The Bertz CT molecular complexity index is 607. The summed E-state index contributed by atoms with van der Waals surface area (Å²) < 4.78 is 26.8. The fraction of sp³-hybridized carbons (Fsp3) is 0.214. The van der Waals surface area contributed by atoms with E-state index >= 15 is 0 Å². The van der Waals surface area contributed by atoms with Gasteiger partial charge in [0.2, 0.25) is 0 Å². The Morgan fingerprint density at radius 1 is 1.35 bits per heavy atom. The number of nitrogens with one attached hydrogen (secondary N) is 1. The van der Waals surface area contributed by atoms with Crippen molar-refractivity contribution in [3.05, 3.63) is 57.3 Å². The molecule has 1 aromatic carbocycles. The van der Waals surface area contributed by atoms with Gasteiger partial charge in [-0.05, 0) is 36.1 Å². The summed E-state index contributed by atoms with van der Waals surface area (Å²) in [6.45, 7) is 1.74. The molecule has 0 bridgehead atoms. The smallest absolute Gasteiger partial charge is 0.257 e. The number of benzene rings is 1. The van der Waals surface area contributed by atoms with Crippen molar-refractivity contribution in [3.8, 4) is 0 Å². The molecule has 1 unspecified atom stereocenters. The molecule has 6 heteroatoms. The van der Waals surface area contributed by atoms with Crippen LogP contribution in [0.1, 0.15) is 26.9 Å². The van der Waals surface area contributed by atoms with Crippen LogP contribution in [-0.2, 0) is 0 Å². The van der Waals surface area contributed by atoms with Crippen molar-refractivity contribution in [2.75, 3.05) is 6.54 Å². The van der Waals surface area contributed by atoms with Gasteiger partial charge in [-0.25, -0.2) is 8.78 Å². The molecule has 0 aliphatic carbocycles. The third-order valence-electron chi connectivity index (χ3n) is 2.85. The molecule has 0 aliphatic rings. The summed E-state index contributed by atoms with van der Waals surface area (Å²) >= 11 is 1.36. The monoisotopic (exact) mass is 297 g/mol. The predicted molar refractivity (Wildman–Crippen MR) is 72.7 cm³/mol. The molecule has 1 aromatic heterocycles. The highest BCUT2D eigenvalue weighted by Gasteiger charge is 2.19. The highest BCUT2D eigenvalue weighted by atomic mass is 32.1. The molecule has 0 saturated carbocycles. The lowest BCUT2D eigenvalue weighted by atomic mass is 10.1. The maximum Gasteiger partial charge on any atom is 0.257 e. The van der Waals surface area contributed by atoms with E-state index in [9.17, 15) is 18.7 Å². The lowest BCUT2D eigenvalue weighted by Crippen LogP contribution is -2.29. The van der Waals surface area contributed by atoms with Crippen molar-refractivity contribution in [1.29, 1.82) is 0 Å². The van der Waals surface area contributed by atoms with Gasteiger partial charge in [0.05, 0.1) is 0 Å². The zero-order valence-corrected chi connectivity index (χ0v) is 11.5. The van der Waals surface area contributed by atoms with Gasteiger partial charge in [0.15, 0.2) is 0 Å². The summed E-state index contributed by atoms with van der Waals surface area (Å²) in [5, 5.41) is 14.1. The maximum absolute atomic E-state index is 13.4. The van der Waals surface area contributed by atoms with Gasteiger partial charge < -0.3 is 10.4 Å². The number of aliphatic hydroxyl groups excluding tert-OH is 1. The van der Waals surface area contributed by atoms with Gasteiger partial charge in [-0.2, -0.15) is 0 Å². The zero-order chi connectivity index (χ0) is 14.7. The topological polar surface area (TPSA) is 49.3 Å². The van der Waals surface area contributed by atoms with Gasteiger partial charge in [0.25, 0.3) is 5.91 Å². The van der Waals surface area contributed by atoms with Crippen molar-refractivity contribution in [3.63, 3.8) is 0 Å². The Morgan fingerprint density at radius 2 is 2.00 bits per heavy atom. The van der Waals surface area contributed by atoms with Crippen LogP contribution in [0.3, 0.4) is 0 Å². The molecule has 1 atom stereocenters. The first-order chi connectivity index (χ1) is 9.50. The minimum atomic E-state index is -0.927. The second-order valence-corrected chi connectivity index (χ2v) is 5.24.